The number of primary amides is 2. The number of nitrogens with zero attached hydrogens (tertiary/aromatic N) is 4. The highest BCUT2D eigenvalue weighted by Crippen LogP contribution is 2.22. The Kier molecular flexibility index (Phi) is 26.7. The van der Waals surface area contributed by atoms with Gasteiger partial charge in [0.2, 0.25) is 59.1 Å². The van der Waals surface area contributed by atoms with Crippen molar-refractivity contribution in [1.29, 1.82) is 0 Å². The lowest BCUT2D eigenvalue weighted by Gasteiger charge is -2.32. The van der Waals surface area contributed by atoms with Crippen LogP contribution in [0.5, 0.6) is 11.5 Å². The molecular formula is C56H80N16O12. The average molecular weight is 1170 g/mol. The third-order valence-electron chi connectivity index (χ3n) is 13.3. The van der Waals surface area contributed by atoms with Gasteiger partial charge in [0, 0.05) is 45.9 Å². The van der Waals surface area contributed by atoms with Crippen LogP contribution in [0.1, 0.15) is 88.8 Å². The van der Waals surface area contributed by atoms with Gasteiger partial charge in [-0.15, -0.1) is 0 Å². The van der Waals surface area contributed by atoms with Crippen LogP contribution in [0.4, 0.5) is 0 Å². The van der Waals surface area contributed by atoms with E-state index in [0.29, 0.717) is 23.1 Å². The molecule has 0 unspecified atom stereocenters. The summed E-state index contributed by atoms with van der Waals surface area (Å²) in [6.07, 6.45) is -0.0204. The number of rotatable bonds is 33. The molecule has 456 valence electrons. The number of aromatic hydroxyl groups is 2. The normalized spacial score (nSPS) is 14.9. The molecule has 1 aliphatic heterocycles. The maximum atomic E-state index is 15.1. The van der Waals surface area contributed by atoms with Crippen molar-refractivity contribution in [3.8, 4) is 11.5 Å². The Morgan fingerprint density at radius 3 is 1.63 bits per heavy atom. The summed E-state index contributed by atoms with van der Waals surface area (Å²) in [5, 5.41) is 35.9. The molecule has 84 heavy (non-hydrogen) atoms. The zero-order valence-electron chi connectivity index (χ0n) is 47.5. The number of amides is 10. The molecule has 0 aromatic heterocycles. The first-order chi connectivity index (χ1) is 39.8. The fourth-order valence-electron chi connectivity index (χ4n) is 9.29. The lowest BCUT2D eigenvalue weighted by atomic mass is 9.99. The van der Waals surface area contributed by atoms with Crippen LogP contribution >= 0.6 is 0 Å². The molecule has 4 rings (SSSR count). The molecule has 28 heteroatoms. The second-order valence-corrected chi connectivity index (χ2v) is 20.8. The van der Waals surface area contributed by atoms with Crippen molar-refractivity contribution >= 4 is 71.0 Å². The van der Waals surface area contributed by atoms with Gasteiger partial charge in [0.15, 0.2) is 11.9 Å². The van der Waals surface area contributed by atoms with Gasteiger partial charge >= 0.3 is 0 Å². The minimum atomic E-state index is -1.51. The third kappa shape index (κ3) is 23.2. The number of phenolic OH excluding ortho intramolecular Hbond substituents is 2. The van der Waals surface area contributed by atoms with E-state index >= 15 is 4.79 Å². The highest BCUT2D eigenvalue weighted by atomic mass is 16.3. The zero-order valence-corrected chi connectivity index (χ0v) is 47.5. The van der Waals surface area contributed by atoms with Crippen LogP contribution in [0.25, 0.3) is 0 Å². The zero-order chi connectivity index (χ0) is 62.0. The minimum Gasteiger partial charge on any atom is -0.508 e. The van der Waals surface area contributed by atoms with Gasteiger partial charge in [0.05, 0.1) is 13.0 Å². The van der Waals surface area contributed by atoms with Gasteiger partial charge in [-0.25, -0.2) is 0 Å². The highest BCUT2D eigenvalue weighted by molar-refractivity contribution is 5.98. The number of carbonyl (C=O) groups is 10. The highest BCUT2D eigenvalue weighted by Gasteiger charge is 2.40. The quantitative estimate of drug-likeness (QED) is 0.0168. The molecule has 1 heterocycles. The monoisotopic (exact) mass is 1170 g/mol. The predicted octanol–water partition coefficient (Wildman–Crippen LogP) is -2.65. The van der Waals surface area contributed by atoms with Gasteiger partial charge < -0.3 is 86.3 Å². The number of nitrogens with two attached hydrogens (primary N) is 6. The van der Waals surface area contributed by atoms with Crippen LogP contribution in [-0.2, 0) is 67.3 Å². The van der Waals surface area contributed by atoms with Crippen LogP contribution in [0.2, 0.25) is 0 Å². The molecule has 0 radical (unpaired) electrons. The SMILES string of the molecule is CC(=O)N[C@@H](Cc1ccc(O)cc1)C(=O)N[C@@H](Cc1ccccc1)C(=O)N[C@@H](CC(C)C)C(=O)N(CC(=O)N[C@@H](CCCN=C(N)N)C(=O)N1CCC[C@H]1C(=O)N[C@@H](CCCN=C(N)N)C(=O)N[C@@H](CC(N)=O)C(N)=O)Cc1ccc(O)cc1. The molecule has 20 N–H and O–H groups in total. The number of phenols is 2. The van der Waals surface area contributed by atoms with Gasteiger partial charge in [0.25, 0.3) is 0 Å². The summed E-state index contributed by atoms with van der Waals surface area (Å²) in [5.41, 5.74) is 34.5. The number of benzene rings is 3. The Balaban J connectivity index is 1.65. The van der Waals surface area contributed by atoms with Crippen LogP contribution in [0.15, 0.2) is 88.8 Å². The molecule has 3 aromatic rings. The summed E-state index contributed by atoms with van der Waals surface area (Å²) in [6, 6.07) is 11.4. The average Bonchev–Trinajstić information content (AvgIpc) is 3.94. The first-order valence-electron chi connectivity index (χ1n) is 27.4. The van der Waals surface area contributed by atoms with E-state index in [1.54, 1.807) is 42.5 Å². The second kappa shape index (κ2) is 33.4. The Bertz CT molecular complexity index is 2810. The van der Waals surface area contributed by atoms with E-state index in [0.717, 1.165) is 0 Å². The van der Waals surface area contributed by atoms with E-state index in [1.165, 1.54) is 53.1 Å². The van der Waals surface area contributed by atoms with E-state index in [9.17, 15) is 53.4 Å². The van der Waals surface area contributed by atoms with Gasteiger partial charge in [-0.2, -0.15) is 0 Å². The number of guanidine groups is 2. The molecule has 0 saturated carbocycles. The Morgan fingerprint density at radius 2 is 1.11 bits per heavy atom. The summed E-state index contributed by atoms with van der Waals surface area (Å²) >= 11 is 0. The summed E-state index contributed by atoms with van der Waals surface area (Å²) < 4.78 is 0. The van der Waals surface area contributed by atoms with Gasteiger partial charge in [-0.1, -0.05) is 68.4 Å². The number of likely N-dealkylation sites (tertiary alicyclic amines) is 1. The van der Waals surface area contributed by atoms with Crippen molar-refractivity contribution in [2.75, 3.05) is 26.2 Å². The molecule has 1 fully saturated rings. The molecule has 0 bridgehead atoms. The second-order valence-electron chi connectivity index (χ2n) is 20.8. The molecule has 0 aliphatic carbocycles. The van der Waals surface area contributed by atoms with Crippen LogP contribution in [0, 0.1) is 5.92 Å². The van der Waals surface area contributed by atoms with E-state index in [1.807, 2.05) is 13.8 Å². The Labute approximate surface area is 486 Å². The first kappa shape index (κ1) is 67.0. The maximum absolute atomic E-state index is 15.1. The van der Waals surface area contributed by atoms with Gasteiger partial charge in [-0.05, 0) is 91.8 Å². The first-order valence-corrected chi connectivity index (χ1v) is 27.4. The number of nitrogens with one attached hydrogen (secondary N) is 6. The van der Waals surface area contributed by atoms with E-state index in [-0.39, 0.29) is 107 Å². The summed E-state index contributed by atoms with van der Waals surface area (Å²) in [6.45, 7) is 4.06. The number of hydrogen-bond donors (Lipinski definition) is 14. The van der Waals surface area contributed by atoms with Gasteiger partial charge in [0.1, 0.15) is 53.8 Å². The molecule has 0 spiro atoms. The lowest BCUT2D eigenvalue weighted by molar-refractivity contribution is -0.144. The summed E-state index contributed by atoms with van der Waals surface area (Å²) in [7, 11) is 0. The van der Waals surface area contributed by atoms with Crippen molar-refractivity contribution in [2.24, 2.45) is 50.3 Å². The molecule has 1 saturated heterocycles. The van der Waals surface area contributed by atoms with Crippen molar-refractivity contribution < 1.29 is 58.2 Å². The fourth-order valence-corrected chi connectivity index (χ4v) is 9.29. The molecule has 1 aliphatic rings. The molecule has 3 aromatic carbocycles. The lowest BCUT2D eigenvalue weighted by Crippen LogP contribution is -2.59. The fraction of sp³-hybridized carbons (Fsp3) is 0.464. The molecular weight excluding hydrogens is 1090 g/mol. The molecule has 7 atom stereocenters. The summed E-state index contributed by atoms with van der Waals surface area (Å²) in [5.74, 6) is -8.69. The largest absolute Gasteiger partial charge is 0.508 e. The Hall–Kier alpha value is -9.50. The summed E-state index contributed by atoms with van der Waals surface area (Å²) in [4.78, 5) is 147. The third-order valence-corrected chi connectivity index (χ3v) is 13.3. The van der Waals surface area contributed by atoms with Gasteiger partial charge in [-0.3, -0.25) is 57.9 Å². The van der Waals surface area contributed by atoms with E-state index < -0.39 is 114 Å². The smallest absolute Gasteiger partial charge is 0.245 e. The standard InChI is InChI=1S/C56H80N16O12/c1-32(2)26-44(70-51(81)43(27-34-10-5-4-6-11-34)69-50(80)42(65-33(3)73)28-35-15-19-37(74)20-16-35)53(83)71(30-36-17-21-38(75)22-18-36)31-47(77)66-40(13-8-24-64-56(61)62)54(84)72-25-9-14-45(72)52(82)67-39(12-7-23-63-55(59)60)49(79)68-41(48(58)78)29-46(57)76/h4-6,10-11,15-22,32,39-45,74-75H,7-9,12-14,23-31H2,1-3H3,(H2,57,76)(H2,58,78)(H,65,73)(H,66,77)(H,67,82)(H,68,79)(H,69,80)(H,70,81)(H4,59,60,63)(H4,61,62,64)/t39-,40-,41-,42-,43-,44-,45-/m0/s1. The number of carbonyl (C=O) groups excluding carboxylic acids is 10. The maximum Gasteiger partial charge on any atom is 0.245 e. The molecule has 10 amide bonds. The molecule has 28 nitrogen and oxygen atoms in total. The van der Waals surface area contributed by atoms with E-state index in [4.69, 9.17) is 34.4 Å². The van der Waals surface area contributed by atoms with E-state index in [2.05, 4.69) is 41.9 Å². The predicted molar refractivity (Wildman–Crippen MR) is 310 cm³/mol. The van der Waals surface area contributed by atoms with Crippen molar-refractivity contribution in [1.82, 2.24) is 41.7 Å². The topological polar surface area (TPSA) is 471 Å². The van der Waals surface area contributed by atoms with Crippen LogP contribution in [-0.4, -0.2) is 159 Å². The van der Waals surface area contributed by atoms with Crippen molar-refractivity contribution in [3.05, 3.63) is 95.6 Å². The number of hydrogen-bond acceptors (Lipinski definition) is 14. The minimum absolute atomic E-state index is 0.00212. The number of aliphatic imine (C=N–C) groups is 2. The van der Waals surface area contributed by atoms with Crippen molar-refractivity contribution in [2.45, 2.75) is 134 Å². The van der Waals surface area contributed by atoms with Crippen LogP contribution < -0.4 is 66.3 Å². The van der Waals surface area contributed by atoms with Crippen LogP contribution in [0.3, 0.4) is 0 Å². The van der Waals surface area contributed by atoms with Crippen molar-refractivity contribution in [3.63, 3.8) is 0 Å². The Morgan fingerprint density at radius 1 is 0.607 bits per heavy atom.